The molecule has 1 rings (SSSR count). The van der Waals surface area contributed by atoms with Crippen LogP contribution in [0.1, 0.15) is 12.8 Å². The minimum atomic E-state index is 0.561. The molecule has 2 nitrogen and oxygen atoms in total. The van der Waals surface area contributed by atoms with E-state index in [2.05, 4.69) is 0 Å². The predicted octanol–water partition coefficient (Wildman–Crippen LogP) is 0.639. The van der Waals surface area contributed by atoms with Crippen molar-refractivity contribution in [2.75, 3.05) is 13.7 Å². The van der Waals surface area contributed by atoms with Crippen molar-refractivity contribution in [1.29, 1.82) is 0 Å². The molecule has 1 aliphatic carbocycles. The molecule has 1 fully saturated rings. The van der Waals surface area contributed by atoms with Crippen molar-refractivity contribution >= 4 is 0 Å². The van der Waals surface area contributed by atoms with Gasteiger partial charge in [0.05, 0.1) is 13.7 Å². The molecule has 2 heteroatoms. The third kappa shape index (κ3) is 1.01. The van der Waals surface area contributed by atoms with Crippen LogP contribution in [0.3, 0.4) is 0 Å². The molecular formula is C6H11NO. The van der Waals surface area contributed by atoms with Crippen LogP contribution in [-0.4, -0.2) is 13.7 Å². The first-order chi connectivity index (χ1) is 3.88. The summed E-state index contributed by atoms with van der Waals surface area (Å²) in [4.78, 5) is 0. The van der Waals surface area contributed by atoms with Crippen LogP contribution in [0, 0.1) is 0 Å². The second-order valence-electron chi connectivity index (χ2n) is 1.93. The highest BCUT2D eigenvalue weighted by Gasteiger charge is 2.16. The molecule has 0 atom stereocenters. The molecular weight excluding hydrogens is 102 g/mol. The van der Waals surface area contributed by atoms with Crippen LogP contribution in [0.15, 0.2) is 11.3 Å². The molecule has 46 valence electrons. The Bertz CT molecular complexity index is 106. The molecule has 2 N–H and O–H groups in total. The average molecular weight is 113 g/mol. The highest BCUT2D eigenvalue weighted by molar-refractivity contribution is 5.21. The van der Waals surface area contributed by atoms with Crippen LogP contribution in [0.5, 0.6) is 0 Å². The van der Waals surface area contributed by atoms with Gasteiger partial charge >= 0.3 is 0 Å². The Hall–Kier alpha value is -0.500. The first-order valence-corrected chi connectivity index (χ1v) is 2.83. The monoisotopic (exact) mass is 113 g/mol. The van der Waals surface area contributed by atoms with Gasteiger partial charge in [-0.25, -0.2) is 0 Å². The quantitative estimate of drug-likeness (QED) is 0.533. The summed E-state index contributed by atoms with van der Waals surface area (Å²) >= 11 is 0. The minimum Gasteiger partial charge on any atom is -0.500 e. The summed E-state index contributed by atoms with van der Waals surface area (Å²) in [7, 11) is 1.67. The SMILES string of the molecule is COC(CN)=C1CC1. The molecule has 0 aromatic carbocycles. The Morgan fingerprint density at radius 3 is 2.50 bits per heavy atom. The highest BCUT2D eigenvalue weighted by Crippen LogP contribution is 2.30. The number of ether oxygens (including phenoxy) is 1. The third-order valence-electron chi connectivity index (χ3n) is 1.33. The van der Waals surface area contributed by atoms with Gasteiger partial charge in [-0.1, -0.05) is 0 Å². The number of rotatable bonds is 2. The molecule has 1 saturated carbocycles. The Labute approximate surface area is 49.3 Å². The standard InChI is InChI=1S/C6H11NO/c1-8-6(4-7)5-2-3-5/h2-4,7H2,1H3. The van der Waals surface area contributed by atoms with E-state index in [9.17, 15) is 0 Å². The fraction of sp³-hybridized carbons (Fsp3) is 0.667. The largest absolute Gasteiger partial charge is 0.500 e. The topological polar surface area (TPSA) is 35.2 Å². The van der Waals surface area contributed by atoms with Gasteiger partial charge in [0, 0.05) is 0 Å². The number of hydrogen-bond acceptors (Lipinski definition) is 2. The zero-order valence-electron chi connectivity index (χ0n) is 5.11. The van der Waals surface area contributed by atoms with E-state index < -0.39 is 0 Å². The summed E-state index contributed by atoms with van der Waals surface area (Å²) in [5, 5.41) is 0. The summed E-state index contributed by atoms with van der Waals surface area (Å²) < 4.78 is 4.98. The van der Waals surface area contributed by atoms with Crippen molar-refractivity contribution in [3.05, 3.63) is 11.3 Å². The minimum absolute atomic E-state index is 0.561. The normalized spacial score (nSPS) is 16.0. The van der Waals surface area contributed by atoms with Crippen molar-refractivity contribution in [1.82, 2.24) is 0 Å². The van der Waals surface area contributed by atoms with Crippen molar-refractivity contribution in [2.24, 2.45) is 5.73 Å². The number of hydrogen-bond donors (Lipinski definition) is 1. The molecule has 0 aromatic heterocycles. The van der Waals surface area contributed by atoms with Gasteiger partial charge in [-0.15, -0.1) is 0 Å². The Kier molecular flexibility index (Phi) is 1.53. The first-order valence-electron chi connectivity index (χ1n) is 2.83. The van der Waals surface area contributed by atoms with Gasteiger partial charge in [-0.05, 0) is 18.4 Å². The summed E-state index contributed by atoms with van der Waals surface area (Å²) in [5.74, 6) is 0.991. The molecule has 0 spiro atoms. The van der Waals surface area contributed by atoms with Gasteiger partial charge in [0.15, 0.2) is 0 Å². The lowest BCUT2D eigenvalue weighted by Crippen LogP contribution is -2.04. The molecule has 0 bridgehead atoms. The van der Waals surface area contributed by atoms with E-state index in [1.165, 1.54) is 18.4 Å². The number of nitrogens with two attached hydrogens (primary N) is 1. The van der Waals surface area contributed by atoms with Crippen LogP contribution in [0.2, 0.25) is 0 Å². The molecule has 8 heavy (non-hydrogen) atoms. The Morgan fingerprint density at radius 1 is 1.75 bits per heavy atom. The molecule has 1 aliphatic rings. The maximum atomic E-state index is 5.34. The van der Waals surface area contributed by atoms with E-state index in [1.807, 2.05) is 0 Å². The van der Waals surface area contributed by atoms with Crippen LogP contribution >= 0.6 is 0 Å². The number of methoxy groups -OCH3 is 1. The van der Waals surface area contributed by atoms with E-state index in [4.69, 9.17) is 10.5 Å². The van der Waals surface area contributed by atoms with Gasteiger partial charge in [0.1, 0.15) is 5.76 Å². The third-order valence-corrected chi connectivity index (χ3v) is 1.33. The molecule has 0 unspecified atom stereocenters. The van der Waals surface area contributed by atoms with E-state index in [0.717, 1.165) is 5.76 Å². The summed E-state index contributed by atoms with van der Waals surface area (Å²) in [5.41, 5.74) is 6.74. The fourth-order valence-corrected chi connectivity index (χ4v) is 0.713. The van der Waals surface area contributed by atoms with Crippen molar-refractivity contribution in [3.63, 3.8) is 0 Å². The van der Waals surface area contributed by atoms with E-state index in [-0.39, 0.29) is 0 Å². The first kappa shape index (κ1) is 5.63. The average Bonchev–Trinajstić information content (AvgIpc) is 2.53. The Morgan fingerprint density at radius 2 is 2.38 bits per heavy atom. The summed E-state index contributed by atoms with van der Waals surface area (Å²) in [6.45, 7) is 0.561. The zero-order valence-corrected chi connectivity index (χ0v) is 5.11. The van der Waals surface area contributed by atoms with E-state index in [0.29, 0.717) is 6.54 Å². The lowest BCUT2D eigenvalue weighted by molar-refractivity contribution is 0.285. The lowest BCUT2D eigenvalue weighted by Gasteiger charge is -1.98. The van der Waals surface area contributed by atoms with Crippen molar-refractivity contribution in [3.8, 4) is 0 Å². The molecule has 0 aromatic rings. The van der Waals surface area contributed by atoms with Crippen molar-refractivity contribution < 1.29 is 4.74 Å². The second-order valence-corrected chi connectivity index (χ2v) is 1.93. The van der Waals surface area contributed by atoms with Gasteiger partial charge in [-0.2, -0.15) is 0 Å². The highest BCUT2D eigenvalue weighted by atomic mass is 16.5. The Balaban J connectivity index is 2.49. The second kappa shape index (κ2) is 2.18. The number of allylic oxidation sites excluding steroid dienone is 1. The van der Waals surface area contributed by atoms with E-state index in [1.54, 1.807) is 7.11 Å². The lowest BCUT2D eigenvalue weighted by atomic mass is 10.4. The van der Waals surface area contributed by atoms with Crippen LogP contribution in [0.25, 0.3) is 0 Å². The maximum Gasteiger partial charge on any atom is 0.108 e. The van der Waals surface area contributed by atoms with Crippen LogP contribution < -0.4 is 5.73 Å². The molecule has 0 radical (unpaired) electrons. The van der Waals surface area contributed by atoms with Crippen molar-refractivity contribution in [2.45, 2.75) is 12.8 Å². The molecule has 0 aliphatic heterocycles. The van der Waals surface area contributed by atoms with Gasteiger partial charge in [-0.3, -0.25) is 0 Å². The fourth-order valence-electron chi connectivity index (χ4n) is 0.713. The van der Waals surface area contributed by atoms with Gasteiger partial charge < -0.3 is 10.5 Å². The van der Waals surface area contributed by atoms with Crippen LogP contribution in [-0.2, 0) is 4.74 Å². The predicted molar refractivity (Wildman–Crippen MR) is 32.3 cm³/mol. The smallest absolute Gasteiger partial charge is 0.108 e. The molecule has 0 heterocycles. The molecule has 0 saturated heterocycles. The van der Waals surface area contributed by atoms with Gasteiger partial charge in [0.25, 0.3) is 0 Å². The van der Waals surface area contributed by atoms with Gasteiger partial charge in [0.2, 0.25) is 0 Å². The summed E-state index contributed by atoms with van der Waals surface area (Å²) in [6.07, 6.45) is 2.39. The maximum absolute atomic E-state index is 5.34. The zero-order chi connectivity index (χ0) is 5.98. The van der Waals surface area contributed by atoms with E-state index >= 15 is 0 Å². The molecule has 0 amide bonds. The summed E-state index contributed by atoms with van der Waals surface area (Å²) in [6, 6.07) is 0. The van der Waals surface area contributed by atoms with Crippen LogP contribution in [0.4, 0.5) is 0 Å².